The number of nitrogens with zero attached hydrogens (tertiary/aromatic N) is 4. The third-order valence-corrected chi connectivity index (χ3v) is 5.58. The Bertz CT molecular complexity index is 1150. The Morgan fingerprint density at radius 2 is 1.83 bits per heavy atom. The van der Waals surface area contributed by atoms with Gasteiger partial charge in [-0.15, -0.1) is 10.2 Å². The van der Waals surface area contributed by atoms with Crippen molar-refractivity contribution in [1.29, 1.82) is 0 Å². The Kier molecular flexibility index (Phi) is 4.94. The van der Waals surface area contributed by atoms with E-state index in [-0.39, 0.29) is 17.9 Å². The predicted molar refractivity (Wildman–Crippen MR) is 112 cm³/mol. The van der Waals surface area contributed by atoms with E-state index in [2.05, 4.69) is 32.6 Å². The van der Waals surface area contributed by atoms with Crippen molar-refractivity contribution in [2.24, 2.45) is 5.92 Å². The fraction of sp³-hybridized carbons (Fsp3) is 0.217. The summed E-state index contributed by atoms with van der Waals surface area (Å²) in [7, 11) is 0. The highest BCUT2D eigenvalue weighted by Crippen LogP contribution is 2.24. The van der Waals surface area contributed by atoms with Gasteiger partial charge in [-0.1, -0.05) is 18.2 Å². The van der Waals surface area contributed by atoms with Crippen molar-refractivity contribution in [2.75, 3.05) is 13.2 Å². The number of rotatable bonds is 5. The molecule has 7 nitrogen and oxygen atoms in total. The molecule has 2 aromatic carbocycles. The number of pyridine rings is 1. The highest BCUT2D eigenvalue weighted by molar-refractivity contribution is 5.94. The molecule has 5 rings (SSSR count). The van der Waals surface area contributed by atoms with Crippen LogP contribution in [-0.2, 0) is 11.2 Å². The molecular weight excluding hydrogens is 378 g/mol. The maximum atomic E-state index is 12.8. The van der Waals surface area contributed by atoms with Crippen LogP contribution in [0.5, 0.6) is 0 Å². The Balaban J connectivity index is 1.29. The largest absolute Gasteiger partial charge is 0.379 e. The number of aromatic nitrogens is 4. The van der Waals surface area contributed by atoms with Crippen LogP contribution in [0.15, 0.2) is 73.4 Å². The number of carbonyl (C=O) groups excluding carboxylic acids is 1. The van der Waals surface area contributed by atoms with Gasteiger partial charge in [0, 0.05) is 28.8 Å². The molecule has 0 unspecified atom stereocenters. The first kappa shape index (κ1) is 18.4. The molecule has 1 N–H and O–H groups in total. The first-order valence-corrected chi connectivity index (χ1v) is 9.94. The second kappa shape index (κ2) is 8.04. The van der Waals surface area contributed by atoms with Crippen LogP contribution in [0.1, 0.15) is 15.9 Å². The summed E-state index contributed by atoms with van der Waals surface area (Å²) in [6.45, 7) is 1.16. The number of fused-ring (bicyclic) bond motifs is 1. The van der Waals surface area contributed by atoms with Crippen molar-refractivity contribution in [3.05, 3.63) is 84.6 Å². The van der Waals surface area contributed by atoms with E-state index in [1.807, 2.05) is 48.7 Å². The lowest BCUT2D eigenvalue weighted by molar-refractivity contribution is 0.0925. The van der Waals surface area contributed by atoms with Crippen molar-refractivity contribution >= 4 is 16.8 Å². The maximum absolute atomic E-state index is 12.8. The topological polar surface area (TPSA) is 81.9 Å². The summed E-state index contributed by atoms with van der Waals surface area (Å²) in [5, 5.41) is 11.9. The van der Waals surface area contributed by atoms with Crippen molar-refractivity contribution in [1.82, 2.24) is 25.1 Å². The molecular formula is C23H21N5O2. The second-order valence-electron chi connectivity index (χ2n) is 7.48. The Labute approximate surface area is 173 Å². The average molecular weight is 399 g/mol. The van der Waals surface area contributed by atoms with Gasteiger partial charge < -0.3 is 10.1 Å². The number of nitrogens with one attached hydrogen (secondary N) is 1. The minimum Gasteiger partial charge on any atom is -0.379 e. The van der Waals surface area contributed by atoms with E-state index in [1.54, 1.807) is 17.2 Å². The lowest BCUT2D eigenvalue weighted by Crippen LogP contribution is -2.40. The third-order valence-electron chi connectivity index (χ3n) is 5.58. The summed E-state index contributed by atoms with van der Waals surface area (Å²) < 4.78 is 7.50. The number of hydrogen-bond acceptors (Lipinski definition) is 5. The van der Waals surface area contributed by atoms with Crippen molar-refractivity contribution in [3.63, 3.8) is 0 Å². The molecule has 3 heterocycles. The third kappa shape index (κ3) is 3.67. The summed E-state index contributed by atoms with van der Waals surface area (Å²) in [5.74, 6) is 0.126. The van der Waals surface area contributed by atoms with E-state index in [4.69, 9.17) is 4.74 Å². The molecule has 0 aliphatic carbocycles. The summed E-state index contributed by atoms with van der Waals surface area (Å²) in [6, 6.07) is 17.6. The van der Waals surface area contributed by atoms with Gasteiger partial charge in [0.15, 0.2) is 0 Å². The fourth-order valence-electron chi connectivity index (χ4n) is 3.95. The normalized spacial score (nSPS) is 18.5. The molecule has 1 aliphatic rings. The molecule has 150 valence electrons. The van der Waals surface area contributed by atoms with E-state index in [0.29, 0.717) is 18.8 Å². The van der Waals surface area contributed by atoms with Gasteiger partial charge in [0.1, 0.15) is 12.7 Å². The van der Waals surface area contributed by atoms with Crippen LogP contribution in [0.3, 0.4) is 0 Å². The van der Waals surface area contributed by atoms with Crippen LogP contribution in [0.4, 0.5) is 0 Å². The van der Waals surface area contributed by atoms with Crippen LogP contribution in [0.2, 0.25) is 0 Å². The van der Waals surface area contributed by atoms with Gasteiger partial charge in [0.2, 0.25) is 0 Å². The number of amides is 1. The molecule has 0 spiro atoms. The van der Waals surface area contributed by atoms with Crippen LogP contribution in [0.25, 0.3) is 16.6 Å². The smallest absolute Gasteiger partial charge is 0.251 e. The predicted octanol–water partition coefficient (Wildman–Crippen LogP) is 2.80. The lowest BCUT2D eigenvalue weighted by atomic mass is 9.93. The second-order valence-corrected chi connectivity index (χ2v) is 7.48. The quantitative estimate of drug-likeness (QED) is 0.558. The van der Waals surface area contributed by atoms with Gasteiger partial charge in [-0.2, -0.15) is 0 Å². The summed E-state index contributed by atoms with van der Waals surface area (Å²) in [4.78, 5) is 17.2. The van der Waals surface area contributed by atoms with Gasteiger partial charge in [-0.3, -0.25) is 14.3 Å². The maximum Gasteiger partial charge on any atom is 0.251 e. The molecule has 1 fully saturated rings. The molecule has 1 amide bonds. The molecule has 0 radical (unpaired) electrons. The number of ether oxygens (including phenoxy) is 1. The zero-order valence-corrected chi connectivity index (χ0v) is 16.3. The minimum absolute atomic E-state index is 0.0260. The highest BCUT2D eigenvalue weighted by atomic mass is 16.5. The van der Waals surface area contributed by atoms with E-state index >= 15 is 0 Å². The monoisotopic (exact) mass is 399 g/mol. The number of para-hydroxylation sites is 1. The minimum atomic E-state index is -0.0922. The lowest BCUT2D eigenvalue weighted by Gasteiger charge is -2.20. The van der Waals surface area contributed by atoms with Crippen LogP contribution in [0, 0.1) is 5.92 Å². The van der Waals surface area contributed by atoms with Gasteiger partial charge in [-0.25, -0.2) is 0 Å². The van der Waals surface area contributed by atoms with Gasteiger partial charge >= 0.3 is 0 Å². The Morgan fingerprint density at radius 1 is 1.03 bits per heavy atom. The first-order valence-electron chi connectivity index (χ1n) is 9.94. The van der Waals surface area contributed by atoms with Crippen molar-refractivity contribution in [2.45, 2.75) is 12.5 Å². The van der Waals surface area contributed by atoms with E-state index in [9.17, 15) is 4.79 Å². The van der Waals surface area contributed by atoms with Crippen molar-refractivity contribution < 1.29 is 9.53 Å². The zero-order valence-electron chi connectivity index (χ0n) is 16.3. The zero-order chi connectivity index (χ0) is 20.3. The highest BCUT2D eigenvalue weighted by Gasteiger charge is 2.30. The van der Waals surface area contributed by atoms with Gasteiger partial charge in [0.25, 0.3) is 5.91 Å². The summed E-state index contributed by atoms with van der Waals surface area (Å²) >= 11 is 0. The number of hydrogen-bond donors (Lipinski definition) is 1. The summed E-state index contributed by atoms with van der Waals surface area (Å²) in [6.07, 6.45) is 5.93. The van der Waals surface area contributed by atoms with E-state index in [0.717, 1.165) is 23.0 Å². The number of benzene rings is 2. The van der Waals surface area contributed by atoms with E-state index in [1.165, 1.54) is 5.56 Å². The fourth-order valence-corrected chi connectivity index (χ4v) is 3.95. The van der Waals surface area contributed by atoms with Gasteiger partial charge in [0.05, 0.1) is 24.8 Å². The number of carbonyl (C=O) groups is 1. The van der Waals surface area contributed by atoms with Gasteiger partial charge in [-0.05, 0) is 48.4 Å². The standard InChI is InChI=1S/C23H21N5O2/c29-23(16-5-7-19(8-6-16)28-14-25-26-15-28)27-22-13-30-12-18(22)11-17-9-10-24-21-4-2-1-3-20(17)21/h1-10,14-15,18,22H,11-13H2,(H,27,29)/t18-,22-/m1/s1. The van der Waals surface area contributed by atoms with Crippen molar-refractivity contribution in [3.8, 4) is 5.69 Å². The van der Waals surface area contributed by atoms with Crippen LogP contribution >= 0.6 is 0 Å². The van der Waals surface area contributed by atoms with Crippen LogP contribution < -0.4 is 5.32 Å². The molecule has 4 aromatic rings. The Morgan fingerprint density at radius 3 is 2.67 bits per heavy atom. The van der Waals surface area contributed by atoms with E-state index < -0.39 is 0 Å². The molecule has 0 bridgehead atoms. The molecule has 2 atom stereocenters. The molecule has 1 aliphatic heterocycles. The molecule has 30 heavy (non-hydrogen) atoms. The molecule has 1 saturated heterocycles. The Hall–Kier alpha value is -3.58. The SMILES string of the molecule is O=C(N[C@@H]1COC[C@H]1Cc1ccnc2ccccc12)c1ccc(-n2cnnc2)cc1. The molecule has 7 heteroatoms. The van der Waals surface area contributed by atoms with Crippen LogP contribution in [-0.4, -0.2) is 44.9 Å². The first-order chi connectivity index (χ1) is 14.8. The molecule has 0 saturated carbocycles. The summed E-state index contributed by atoms with van der Waals surface area (Å²) in [5.41, 5.74) is 3.74. The average Bonchev–Trinajstić information content (AvgIpc) is 3.47. The molecule has 2 aromatic heterocycles.